The Labute approximate surface area is 110 Å². The van der Waals surface area contributed by atoms with Gasteiger partial charge in [0.05, 0.1) is 7.11 Å². The second-order valence-corrected chi connectivity index (χ2v) is 5.19. The van der Waals surface area contributed by atoms with Gasteiger partial charge in [0.25, 0.3) is 0 Å². The standard InChI is InChI=1S/C15H24N2O/c1-12-4-7-15(18-3)13(10-12)5-6-14-11-16-8-9-17(14)2/h4,7,10,14,16H,5-6,8-9,11H2,1-3H3. The Morgan fingerprint density at radius 2 is 2.28 bits per heavy atom. The van der Waals surface area contributed by atoms with E-state index < -0.39 is 0 Å². The topological polar surface area (TPSA) is 24.5 Å². The summed E-state index contributed by atoms with van der Waals surface area (Å²) in [6, 6.07) is 7.07. The van der Waals surface area contributed by atoms with E-state index in [1.165, 1.54) is 17.5 Å². The third-order valence-corrected chi connectivity index (χ3v) is 3.83. The lowest BCUT2D eigenvalue weighted by Gasteiger charge is -2.33. The number of ether oxygens (including phenoxy) is 1. The zero-order valence-electron chi connectivity index (χ0n) is 11.7. The molecule has 2 rings (SSSR count). The SMILES string of the molecule is COc1ccc(C)cc1CCC1CNCCN1C. The molecule has 1 aromatic rings. The number of likely N-dealkylation sites (N-methyl/N-ethyl adjacent to an activating group) is 1. The number of nitrogens with zero attached hydrogens (tertiary/aromatic N) is 1. The van der Waals surface area contributed by atoms with Gasteiger partial charge in [-0.2, -0.15) is 0 Å². The third-order valence-electron chi connectivity index (χ3n) is 3.83. The van der Waals surface area contributed by atoms with Crippen LogP contribution in [0.4, 0.5) is 0 Å². The minimum atomic E-state index is 0.643. The average Bonchev–Trinajstić information content (AvgIpc) is 2.38. The Morgan fingerprint density at radius 3 is 3.00 bits per heavy atom. The summed E-state index contributed by atoms with van der Waals surface area (Å²) in [5.74, 6) is 1.02. The lowest BCUT2D eigenvalue weighted by Crippen LogP contribution is -2.49. The number of hydrogen-bond donors (Lipinski definition) is 1. The monoisotopic (exact) mass is 248 g/mol. The van der Waals surface area contributed by atoms with E-state index in [2.05, 4.69) is 42.4 Å². The summed E-state index contributed by atoms with van der Waals surface area (Å²) < 4.78 is 5.44. The van der Waals surface area contributed by atoms with Gasteiger partial charge in [0.1, 0.15) is 5.75 Å². The Morgan fingerprint density at radius 1 is 1.44 bits per heavy atom. The number of benzene rings is 1. The summed E-state index contributed by atoms with van der Waals surface area (Å²) >= 11 is 0. The van der Waals surface area contributed by atoms with E-state index in [1.54, 1.807) is 7.11 Å². The van der Waals surface area contributed by atoms with E-state index in [-0.39, 0.29) is 0 Å². The molecule has 1 fully saturated rings. The lowest BCUT2D eigenvalue weighted by molar-refractivity contribution is 0.190. The number of piperazine rings is 1. The van der Waals surface area contributed by atoms with Crippen molar-refractivity contribution in [3.05, 3.63) is 29.3 Å². The summed E-state index contributed by atoms with van der Waals surface area (Å²) in [5, 5.41) is 3.47. The van der Waals surface area contributed by atoms with E-state index >= 15 is 0 Å². The highest BCUT2D eigenvalue weighted by Crippen LogP contribution is 2.22. The molecule has 0 amide bonds. The number of rotatable bonds is 4. The quantitative estimate of drug-likeness (QED) is 0.880. The van der Waals surface area contributed by atoms with Gasteiger partial charge in [0.2, 0.25) is 0 Å². The van der Waals surface area contributed by atoms with Crippen LogP contribution in [0.3, 0.4) is 0 Å². The molecule has 1 aromatic carbocycles. The fourth-order valence-corrected chi connectivity index (χ4v) is 2.61. The molecule has 0 saturated carbocycles. The molecule has 18 heavy (non-hydrogen) atoms. The molecule has 0 aromatic heterocycles. The van der Waals surface area contributed by atoms with Crippen molar-refractivity contribution in [1.29, 1.82) is 0 Å². The molecule has 1 aliphatic rings. The maximum atomic E-state index is 5.44. The van der Waals surface area contributed by atoms with E-state index in [4.69, 9.17) is 4.74 Å². The van der Waals surface area contributed by atoms with Crippen LogP contribution in [0.15, 0.2) is 18.2 Å². The lowest BCUT2D eigenvalue weighted by atomic mass is 10.0. The van der Waals surface area contributed by atoms with E-state index in [0.29, 0.717) is 6.04 Å². The molecular formula is C15H24N2O. The first-order chi connectivity index (χ1) is 8.70. The summed E-state index contributed by atoms with van der Waals surface area (Å²) in [5.41, 5.74) is 2.64. The summed E-state index contributed by atoms with van der Waals surface area (Å²) in [4.78, 5) is 2.46. The Kier molecular flexibility index (Phi) is 4.61. The number of nitrogens with one attached hydrogen (secondary N) is 1. The molecule has 1 aliphatic heterocycles. The summed E-state index contributed by atoms with van der Waals surface area (Å²) in [6.07, 6.45) is 2.27. The van der Waals surface area contributed by atoms with Gasteiger partial charge >= 0.3 is 0 Å². The second kappa shape index (κ2) is 6.21. The van der Waals surface area contributed by atoms with Crippen molar-refractivity contribution in [2.45, 2.75) is 25.8 Å². The smallest absolute Gasteiger partial charge is 0.122 e. The molecule has 1 atom stereocenters. The molecule has 1 saturated heterocycles. The molecule has 0 spiro atoms. The van der Waals surface area contributed by atoms with Crippen molar-refractivity contribution in [2.75, 3.05) is 33.8 Å². The molecule has 0 radical (unpaired) electrons. The van der Waals surface area contributed by atoms with Crippen molar-refractivity contribution in [3.63, 3.8) is 0 Å². The summed E-state index contributed by atoms with van der Waals surface area (Å²) in [6.45, 7) is 5.50. The molecule has 3 heteroatoms. The van der Waals surface area contributed by atoms with Gasteiger partial charge in [0.15, 0.2) is 0 Å². The molecule has 3 nitrogen and oxygen atoms in total. The van der Waals surface area contributed by atoms with E-state index in [9.17, 15) is 0 Å². The van der Waals surface area contributed by atoms with Crippen LogP contribution in [-0.4, -0.2) is 44.7 Å². The largest absolute Gasteiger partial charge is 0.496 e. The summed E-state index contributed by atoms with van der Waals surface area (Å²) in [7, 11) is 3.97. The number of aryl methyl sites for hydroxylation is 2. The zero-order valence-corrected chi connectivity index (χ0v) is 11.7. The molecule has 1 unspecified atom stereocenters. The molecule has 0 bridgehead atoms. The van der Waals surface area contributed by atoms with Gasteiger partial charge in [-0.15, -0.1) is 0 Å². The predicted octanol–water partition coefficient (Wildman–Crippen LogP) is 1.84. The fourth-order valence-electron chi connectivity index (χ4n) is 2.61. The minimum Gasteiger partial charge on any atom is -0.496 e. The first-order valence-corrected chi connectivity index (χ1v) is 6.75. The molecule has 1 heterocycles. The van der Waals surface area contributed by atoms with Gasteiger partial charge in [-0.25, -0.2) is 0 Å². The zero-order chi connectivity index (χ0) is 13.0. The van der Waals surface area contributed by atoms with Crippen LogP contribution in [0, 0.1) is 6.92 Å². The van der Waals surface area contributed by atoms with Gasteiger partial charge in [0, 0.05) is 25.7 Å². The van der Waals surface area contributed by atoms with Crippen molar-refractivity contribution in [2.24, 2.45) is 0 Å². The maximum absolute atomic E-state index is 5.44. The van der Waals surface area contributed by atoms with Crippen LogP contribution in [0.1, 0.15) is 17.5 Å². The highest BCUT2D eigenvalue weighted by molar-refractivity contribution is 5.37. The Bertz CT molecular complexity index is 392. The van der Waals surface area contributed by atoms with Crippen molar-refractivity contribution in [3.8, 4) is 5.75 Å². The second-order valence-electron chi connectivity index (χ2n) is 5.19. The van der Waals surface area contributed by atoms with Crippen molar-refractivity contribution >= 4 is 0 Å². The van der Waals surface area contributed by atoms with Crippen LogP contribution < -0.4 is 10.1 Å². The van der Waals surface area contributed by atoms with Gasteiger partial charge in [-0.05, 0) is 38.4 Å². The Balaban J connectivity index is 1.98. The first-order valence-electron chi connectivity index (χ1n) is 6.75. The van der Waals surface area contributed by atoms with Crippen molar-refractivity contribution in [1.82, 2.24) is 10.2 Å². The van der Waals surface area contributed by atoms with Gasteiger partial charge in [-0.3, -0.25) is 0 Å². The molecular weight excluding hydrogens is 224 g/mol. The van der Waals surface area contributed by atoms with Crippen LogP contribution in [0.25, 0.3) is 0 Å². The van der Waals surface area contributed by atoms with Crippen LogP contribution >= 0.6 is 0 Å². The van der Waals surface area contributed by atoms with Crippen LogP contribution in [0.5, 0.6) is 5.75 Å². The highest BCUT2D eigenvalue weighted by atomic mass is 16.5. The number of hydrogen-bond acceptors (Lipinski definition) is 3. The van der Waals surface area contributed by atoms with Gasteiger partial charge < -0.3 is 15.0 Å². The molecule has 0 aliphatic carbocycles. The normalized spacial score (nSPS) is 20.9. The Hall–Kier alpha value is -1.06. The fraction of sp³-hybridized carbons (Fsp3) is 0.600. The van der Waals surface area contributed by atoms with Crippen LogP contribution in [0.2, 0.25) is 0 Å². The molecule has 100 valence electrons. The molecule has 1 N–H and O–H groups in total. The van der Waals surface area contributed by atoms with E-state index in [1.807, 2.05) is 0 Å². The van der Waals surface area contributed by atoms with Crippen LogP contribution in [-0.2, 0) is 6.42 Å². The van der Waals surface area contributed by atoms with Gasteiger partial charge in [-0.1, -0.05) is 17.7 Å². The minimum absolute atomic E-state index is 0.643. The highest BCUT2D eigenvalue weighted by Gasteiger charge is 2.18. The average molecular weight is 248 g/mol. The third kappa shape index (κ3) is 3.24. The van der Waals surface area contributed by atoms with Crippen molar-refractivity contribution < 1.29 is 4.74 Å². The number of methoxy groups -OCH3 is 1. The van der Waals surface area contributed by atoms with E-state index in [0.717, 1.165) is 31.8 Å². The predicted molar refractivity (Wildman–Crippen MR) is 75.3 cm³/mol. The maximum Gasteiger partial charge on any atom is 0.122 e. The first kappa shape index (κ1) is 13.4.